The topological polar surface area (TPSA) is 58.1 Å². The number of halogens is 1. The van der Waals surface area contributed by atoms with Crippen LogP contribution in [0.25, 0.3) is 0 Å². The zero-order chi connectivity index (χ0) is 19.5. The number of likely N-dealkylation sites (tertiary alicyclic amines) is 1. The molecule has 0 spiro atoms. The van der Waals surface area contributed by atoms with E-state index in [2.05, 4.69) is 27.4 Å². The molecular formula is C21H37IN4O2. The van der Waals surface area contributed by atoms with E-state index in [1.165, 1.54) is 38.9 Å². The van der Waals surface area contributed by atoms with Gasteiger partial charge < -0.3 is 25.0 Å². The third-order valence-electron chi connectivity index (χ3n) is 5.02. The molecule has 1 aliphatic heterocycles. The fraction of sp³-hybridized carbons (Fsp3) is 0.667. The molecule has 28 heavy (non-hydrogen) atoms. The first kappa shape index (κ1) is 24.8. The smallest absolute Gasteiger partial charge is 0.195 e. The van der Waals surface area contributed by atoms with E-state index in [0.29, 0.717) is 12.4 Å². The number of guanidine groups is 1. The van der Waals surface area contributed by atoms with Gasteiger partial charge in [-0.15, -0.1) is 24.0 Å². The van der Waals surface area contributed by atoms with Gasteiger partial charge in [-0.05, 0) is 70.3 Å². The van der Waals surface area contributed by atoms with Gasteiger partial charge in [-0.2, -0.15) is 0 Å². The van der Waals surface area contributed by atoms with Gasteiger partial charge in [0.2, 0.25) is 0 Å². The molecule has 0 unspecified atom stereocenters. The fourth-order valence-corrected chi connectivity index (χ4v) is 3.29. The predicted octanol–water partition coefficient (Wildman–Crippen LogP) is 4.21. The van der Waals surface area contributed by atoms with Gasteiger partial charge in [0.15, 0.2) is 17.5 Å². The summed E-state index contributed by atoms with van der Waals surface area (Å²) in [5, 5.41) is 6.70. The standard InChI is InChI=1S/C21H36N4O2.HI/c1-5-27-19-9-8-18(16-20(19)26-4)24-21(22-3)23-12-6-7-13-25-14-10-17(2)11-15-25;/h8-9,16-17H,5-7,10-15H2,1-4H3,(H2,22,23,24);1H. The average Bonchev–Trinajstić information content (AvgIpc) is 2.69. The lowest BCUT2D eigenvalue weighted by Gasteiger charge is -2.30. The zero-order valence-electron chi connectivity index (χ0n) is 17.8. The number of aliphatic imine (C=N–C) groups is 1. The quantitative estimate of drug-likeness (QED) is 0.229. The molecule has 0 aromatic heterocycles. The van der Waals surface area contributed by atoms with Crippen LogP contribution >= 0.6 is 24.0 Å². The molecule has 1 fully saturated rings. The van der Waals surface area contributed by atoms with Gasteiger partial charge in [-0.25, -0.2) is 0 Å². The summed E-state index contributed by atoms with van der Waals surface area (Å²) in [6.45, 7) is 9.58. The van der Waals surface area contributed by atoms with E-state index in [1.54, 1.807) is 14.2 Å². The van der Waals surface area contributed by atoms with Gasteiger partial charge in [0.1, 0.15) is 0 Å². The van der Waals surface area contributed by atoms with E-state index in [-0.39, 0.29) is 24.0 Å². The summed E-state index contributed by atoms with van der Waals surface area (Å²) in [4.78, 5) is 6.90. The number of rotatable bonds is 9. The Hall–Kier alpha value is -1.22. The van der Waals surface area contributed by atoms with Crippen LogP contribution in [0.2, 0.25) is 0 Å². The van der Waals surface area contributed by atoms with Gasteiger partial charge in [0.25, 0.3) is 0 Å². The second-order valence-corrected chi connectivity index (χ2v) is 7.15. The SMILES string of the molecule is CCOc1ccc(NC(=NC)NCCCCN2CCC(C)CC2)cc1OC.I. The minimum atomic E-state index is 0. The number of anilines is 1. The van der Waals surface area contributed by atoms with Crippen molar-refractivity contribution in [3.63, 3.8) is 0 Å². The lowest BCUT2D eigenvalue weighted by atomic mass is 9.99. The average molecular weight is 504 g/mol. The Morgan fingerprint density at radius 2 is 1.96 bits per heavy atom. The van der Waals surface area contributed by atoms with Crippen molar-refractivity contribution in [3.8, 4) is 11.5 Å². The van der Waals surface area contributed by atoms with Gasteiger partial charge in [-0.1, -0.05) is 6.92 Å². The van der Waals surface area contributed by atoms with Gasteiger partial charge in [0.05, 0.1) is 13.7 Å². The summed E-state index contributed by atoms with van der Waals surface area (Å²) >= 11 is 0. The Kier molecular flexibility index (Phi) is 12.3. The number of piperidine rings is 1. The zero-order valence-corrected chi connectivity index (χ0v) is 20.1. The Labute approximate surface area is 187 Å². The molecule has 6 nitrogen and oxygen atoms in total. The molecule has 1 aliphatic rings. The molecule has 0 aliphatic carbocycles. The van der Waals surface area contributed by atoms with Gasteiger partial charge in [-0.3, -0.25) is 4.99 Å². The lowest BCUT2D eigenvalue weighted by molar-refractivity contribution is 0.189. The van der Waals surface area contributed by atoms with E-state index in [0.717, 1.165) is 36.3 Å². The Bertz CT molecular complexity index is 590. The summed E-state index contributed by atoms with van der Waals surface area (Å²) < 4.78 is 11.0. The van der Waals surface area contributed by atoms with Crippen LogP contribution in [-0.4, -0.2) is 57.8 Å². The molecule has 7 heteroatoms. The molecule has 1 aromatic carbocycles. The first-order valence-corrected chi connectivity index (χ1v) is 10.2. The highest BCUT2D eigenvalue weighted by Gasteiger charge is 2.14. The molecule has 0 saturated carbocycles. The largest absolute Gasteiger partial charge is 0.493 e. The second kappa shape index (κ2) is 13.9. The van der Waals surface area contributed by atoms with Crippen LogP contribution in [0, 0.1) is 5.92 Å². The summed E-state index contributed by atoms with van der Waals surface area (Å²) in [7, 11) is 3.44. The summed E-state index contributed by atoms with van der Waals surface area (Å²) in [6.07, 6.45) is 5.05. The van der Waals surface area contributed by atoms with E-state index in [4.69, 9.17) is 9.47 Å². The molecule has 0 amide bonds. The van der Waals surface area contributed by atoms with Crippen LogP contribution < -0.4 is 20.1 Å². The van der Waals surface area contributed by atoms with Crippen molar-refractivity contribution >= 4 is 35.6 Å². The molecule has 2 rings (SSSR count). The normalized spacial score (nSPS) is 15.6. The number of unbranched alkanes of at least 4 members (excludes halogenated alkanes) is 1. The lowest BCUT2D eigenvalue weighted by Crippen LogP contribution is -2.34. The summed E-state index contributed by atoms with van der Waals surface area (Å²) in [5.41, 5.74) is 0.922. The minimum Gasteiger partial charge on any atom is -0.493 e. The second-order valence-electron chi connectivity index (χ2n) is 7.15. The highest BCUT2D eigenvalue weighted by atomic mass is 127. The maximum Gasteiger partial charge on any atom is 0.195 e. The van der Waals surface area contributed by atoms with Crippen LogP contribution in [0.1, 0.15) is 39.5 Å². The molecule has 0 atom stereocenters. The number of nitrogens with zero attached hydrogens (tertiary/aromatic N) is 2. The molecule has 0 bridgehead atoms. The van der Waals surface area contributed by atoms with Crippen molar-refractivity contribution in [2.75, 3.05) is 52.3 Å². The van der Waals surface area contributed by atoms with E-state index in [1.807, 2.05) is 25.1 Å². The number of ether oxygens (including phenoxy) is 2. The summed E-state index contributed by atoms with van der Waals surface area (Å²) in [6, 6.07) is 5.81. The fourth-order valence-electron chi connectivity index (χ4n) is 3.29. The highest BCUT2D eigenvalue weighted by molar-refractivity contribution is 14.0. The van der Waals surface area contributed by atoms with Crippen molar-refractivity contribution in [2.45, 2.75) is 39.5 Å². The maximum atomic E-state index is 5.56. The maximum absolute atomic E-state index is 5.56. The molecule has 2 N–H and O–H groups in total. The Balaban J connectivity index is 0.00000392. The van der Waals surface area contributed by atoms with Crippen molar-refractivity contribution in [3.05, 3.63) is 18.2 Å². The third-order valence-corrected chi connectivity index (χ3v) is 5.02. The van der Waals surface area contributed by atoms with Crippen LogP contribution in [0.3, 0.4) is 0 Å². The first-order valence-electron chi connectivity index (χ1n) is 10.2. The monoisotopic (exact) mass is 504 g/mol. The highest BCUT2D eigenvalue weighted by Crippen LogP contribution is 2.30. The Morgan fingerprint density at radius 1 is 1.21 bits per heavy atom. The van der Waals surface area contributed by atoms with Crippen molar-refractivity contribution in [1.82, 2.24) is 10.2 Å². The van der Waals surface area contributed by atoms with Gasteiger partial charge >= 0.3 is 0 Å². The first-order chi connectivity index (χ1) is 13.2. The summed E-state index contributed by atoms with van der Waals surface area (Å²) in [5.74, 6) is 3.14. The number of benzene rings is 1. The van der Waals surface area contributed by atoms with Crippen LogP contribution in [0.5, 0.6) is 11.5 Å². The number of hydrogen-bond acceptors (Lipinski definition) is 4. The van der Waals surface area contributed by atoms with Crippen molar-refractivity contribution in [2.24, 2.45) is 10.9 Å². The van der Waals surface area contributed by atoms with Gasteiger partial charge in [0, 0.05) is 25.3 Å². The minimum absolute atomic E-state index is 0. The predicted molar refractivity (Wildman–Crippen MR) is 129 cm³/mol. The van der Waals surface area contributed by atoms with E-state index >= 15 is 0 Å². The van der Waals surface area contributed by atoms with E-state index < -0.39 is 0 Å². The molecular weight excluding hydrogens is 467 g/mol. The van der Waals surface area contributed by atoms with Crippen LogP contribution in [0.4, 0.5) is 5.69 Å². The van der Waals surface area contributed by atoms with Crippen molar-refractivity contribution < 1.29 is 9.47 Å². The number of methoxy groups -OCH3 is 1. The molecule has 1 heterocycles. The number of nitrogens with one attached hydrogen (secondary N) is 2. The van der Waals surface area contributed by atoms with Crippen LogP contribution in [0.15, 0.2) is 23.2 Å². The molecule has 160 valence electrons. The van der Waals surface area contributed by atoms with Crippen molar-refractivity contribution in [1.29, 1.82) is 0 Å². The number of hydrogen-bond donors (Lipinski definition) is 2. The molecule has 1 saturated heterocycles. The third kappa shape index (κ3) is 8.43. The Morgan fingerprint density at radius 3 is 2.61 bits per heavy atom. The molecule has 0 radical (unpaired) electrons. The molecule has 1 aromatic rings. The van der Waals surface area contributed by atoms with E-state index in [9.17, 15) is 0 Å². The van der Waals surface area contributed by atoms with Crippen LogP contribution in [-0.2, 0) is 0 Å².